The molecular weight excluding hydrogens is 282 g/mol. The summed E-state index contributed by atoms with van der Waals surface area (Å²) in [5.74, 6) is 1.93. The fourth-order valence-electron chi connectivity index (χ4n) is 1.80. The van der Waals surface area contributed by atoms with Gasteiger partial charge >= 0.3 is 0 Å². The lowest BCUT2D eigenvalue weighted by atomic mass is 10.3. The Kier molecular flexibility index (Phi) is 5.59. The van der Waals surface area contributed by atoms with Crippen LogP contribution in [-0.4, -0.2) is 38.2 Å². The van der Waals surface area contributed by atoms with Crippen LogP contribution in [0.4, 0.5) is 5.82 Å². The quantitative estimate of drug-likeness (QED) is 0.765. The van der Waals surface area contributed by atoms with Gasteiger partial charge in [0.05, 0.1) is 13.7 Å². The van der Waals surface area contributed by atoms with E-state index in [2.05, 4.69) is 15.6 Å². The highest BCUT2D eigenvalue weighted by Gasteiger charge is 2.06. The summed E-state index contributed by atoms with van der Waals surface area (Å²) < 4.78 is 10.6. The van der Waals surface area contributed by atoms with E-state index >= 15 is 0 Å². The Morgan fingerprint density at radius 1 is 1.14 bits per heavy atom. The SMILES string of the molecule is CNc1cccc(C(=O)NCCOc2ccc(OC)cc2)n1. The number of nitrogens with one attached hydrogen (secondary N) is 2. The van der Waals surface area contributed by atoms with Gasteiger partial charge in [0.2, 0.25) is 0 Å². The Morgan fingerprint density at radius 2 is 1.86 bits per heavy atom. The molecule has 0 unspecified atom stereocenters. The van der Waals surface area contributed by atoms with E-state index in [9.17, 15) is 4.79 Å². The third kappa shape index (κ3) is 4.37. The maximum absolute atomic E-state index is 11.9. The second-order valence-corrected chi connectivity index (χ2v) is 4.44. The van der Waals surface area contributed by atoms with Crippen LogP contribution in [0.25, 0.3) is 0 Å². The number of hydrogen-bond donors (Lipinski definition) is 2. The van der Waals surface area contributed by atoms with Gasteiger partial charge in [-0.05, 0) is 36.4 Å². The van der Waals surface area contributed by atoms with Crippen molar-refractivity contribution in [2.24, 2.45) is 0 Å². The second kappa shape index (κ2) is 7.87. The minimum atomic E-state index is -0.226. The Hall–Kier alpha value is -2.76. The fourth-order valence-corrected chi connectivity index (χ4v) is 1.80. The highest BCUT2D eigenvalue weighted by atomic mass is 16.5. The third-order valence-electron chi connectivity index (χ3n) is 2.95. The van der Waals surface area contributed by atoms with Gasteiger partial charge in [-0.25, -0.2) is 4.98 Å². The lowest BCUT2D eigenvalue weighted by molar-refractivity contribution is 0.0942. The summed E-state index contributed by atoms with van der Waals surface area (Å²) in [5.41, 5.74) is 0.372. The molecule has 0 saturated heterocycles. The molecule has 6 nitrogen and oxygen atoms in total. The summed E-state index contributed by atoms with van der Waals surface area (Å²) in [6, 6.07) is 12.5. The number of pyridine rings is 1. The van der Waals surface area contributed by atoms with Crippen LogP contribution in [0.15, 0.2) is 42.5 Å². The normalized spacial score (nSPS) is 9.91. The summed E-state index contributed by atoms with van der Waals surface area (Å²) in [6.07, 6.45) is 0. The standard InChI is InChI=1S/C16H19N3O3/c1-17-15-5-3-4-14(19-15)16(20)18-10-11-22-13-8-6-12(21-2)7-9-13/h3-9H,10-11H2,1-2H3,(H,17,19)(H,18,20). The van der Waals surface area contributed by atoms with Gasteiger partial charge in [-0.3, -0.25) is 4.79 Å². The minimum Gasteiger partial charge on any atom is -0.497 e. The predicted octanol–water partition coefficient (Wildman–Crippen LogP) is 1.94. The molecule has 22 heavy (non-hydrogen) atoms. The Labute approximate surface area is 129 Å². The van der Waals surface area contributed by atoms with Gasteiger partial charge < -0.3 is 20.1 Å². The van der Waals surface area contributed by atoms with E-state index in [1.165, 1.54) is 0 Å². The van der Waals surface area contributed by atoms with Crippen LogP contribution in [0, 0.1) is 0 Å². The van der Waals surface area contributed by atoms with Crippen LogP contribution in [0.2, 0.25) is 0 Å². The molecule has 1 aromatic heterocycles. The maximum atomic E-state index is 11.9. The van der Waals surface area contributed by atoms with Gasteiger partial charge in [0.1, 0.15) is 29.6 Å². The van der Waals surface area contributed by atoms with Gasteiger partial charge in [0, 0.05) is 7.05 Å². The van der Waals surface area contributed by atoms with Crippen molar-refractivity contribution in [3.8, 4) is 11.5 Å². The fraction of sp³-hybridized carbons (Fsp3) is 0.250. The third-order valence-corrected chi connectivity index (χ3v) is 2.95. The molecule has 0 aliphatic carbocycles. The van der Waals surface area contributed by atoms with E-state index in [1.54, 1.807) is 32.4 Å². The molecule has 1 amide bonds. The van der Waals surface area contributed by atoms with Crippen molar-refractivity contribution in [3.63, 3.8) is 0 Å². The zero-order valence-corrected chi connectivity index (χ0v) is 12.6. The number of carbonyl (C=O) groups excluding carboxylic acids is 1. The number of ether oxygens (including phenoxy) is 2. The molecular formula is C16H19N3O3. The Balaban J connectivity index is 1.76. The molecule has 0 radical (unpaired) electrons. The number of amides is 1. The van der Waals surface area contributed by atoms with Crippen molar-refractivity contribution in [2.45, 2.75) is 0 Å². The van der Waals surface area contributed by atoms with E-state index in [0.717, 1.165) is 11.5 Å². The summed E-state index contributed by atoms with van der Waals surface area (Å²) in [6.45, 7) is 0.778. The molecule has 2 rings (SSSR count). The monoisotopic (exact) mass is 301 g/mol. The van der Waals surface area contributed by atoms with Crippen LogP contribution in [0.3, 0.4) is 0 Å². The average molecular weight is 301 g/mol. The summed E-state index contributed by atoms with van der Waals surface area (Å²) >= 11 is 0. The molecule has 0 atom stereocenters. The predicted molar refractivity (Wildman–Crippen MR) is 84.6 cm³/mol. The van der Waals surface area contributed by atoms with Crippen molar-refractivity contribution in [1.29, 1.82) is 0 Å². The first-order chi connectivity index (χ1) is 10.7. The van der Waals surface area contributed by atoms with Gasteiger partial charge in [-0.1, -0.05) is 6.07 Å². The van der Waals surface area contributed by atoms with Crippen molar-refractivity contribution in [3.05, 3.63) is 48.2 Å². The number of methoxy groups -OCH3 is 1. The largest absolute Gasteiger partial charge is 0.497 e. The zero-order valence-electron chi connectivity index (χ0n) is 12.6. The first-order valence-electron chi connectivity index (χ1n) is 6.93. The first kappa shape index (κ1) is 15.6. The molecule has 0 saturated carbocycles. The molecule has 1 aromatic carbocycles. The molecule has 0 bridgehead atoms. The van der Waals surface area contributed by atoms with Crippen molar-refractivity contribution in [1.82, 2.24) is 10.3 Å². The molecule has 2 aromatic rings. The highest BCUT2D eigenvalue weighted by Crippen LogP contribution is 2.16. The second-order valence-electron chi connectivity index (χ2n) is 4.44. The van der Waals surface area contributed by atoms with E-state index in [4.69, 9.17) is 9.47 Å². The molecule has 0 spiro atoms. The minimum absolute atomic E-state index is 0.226. The molecule has 0 fully saturated rings. The average Bonchev–Trinajstić information content (AvgIpc) is 2.59. The molecule has 0 aliphatic heterocycles. The van der Waals surface area contributed by atoms with Crippen LogP contribution < -0.4 is 20.1 Å². The number of hydrogen-bond acceptors (Lipinski definition) is 5. The molecule has 6 heteroatoms. The molecule has 0 aliphatic rings. The smallest absolute Gasteiger partial charge is 0.270 e. The first-order valence-corrected chi connectivity index (χ1v) is 6.93. The molecule has 1 heterocycles. The summed E-state index contributed by atoms with van der Waals surface area (Å²) in [7, 11) is 3.37. The van der Waals surface area contributed by atoms with Gasteiger partial charge in [-0.2, -0.15) is 0 Å². The Morgan fingerprint density at radius 3 is 2.55 bits per heavy atom. The van der Waals surface area contributed by atoms with Crippen LogP contribution in [0.5, 0.6) is 11.5 Å². The number of aromatic nitrogens is 1. The van der Waals surface area contributed by atoms with Crippen molar-refractivity contribution >= 4 is 11.7 Å². The van der Waals surface area contributed by atoms with Gasteiger partial charge in [0.25, 0.3) is 5.91 Å². The lowest BCUT2D eigenvalue weighted by Gasteiger charge is -2.08. The molecule has 116 valence electrons. The van der Waals surface area contributed by atoms with Gasteiger partial charge in [-0.15, -0.1) is 0 Å². The number of nitrogens with zero attached hydrogens (tertiary/aromatic N) is 1. The van der Waals surface area contributed by atoms with Crippen LogP contribution in [0.1, 0.15) is 10.5 Å². The number of anilines is 1. The lowest BCUT2D eigenvalue weighted by Crippen LogP contribution is -2.28. The summed E-state index contributed by atoms with van der Waals surface area (Å²) in [4.78, 5) is 16.1. The van der Waals surface area contributed by atoms with Crippen molar-refractivity contribution in [2.75, 3.05) is 32.6 Å². The number of carbonyl (C=O) groups is 1. The molecule has 2 N–H and O–H groups in total. The maximum Gasteiger partial charge on any atom is 0.270 e. The number of benzene rings is 1. The van der Waals surface area contributed by atoms with Crippen molar-refractivity contribution < 1.29 is 14.3 Å². The number of rotatable bonds is 7. The van der Waals surface area contributed by atoms with E-state index in [0.29, 0.717) is 24.7 Å². The summed E-state index contributed by atoms with van der Waals surface area (Å²) in [5, 5.41) is 5.66. The van der Waals surface area contributed by atoms with Crippen LogP contribution in [-0.2, 0) is 0 Å². The van der Waals surface area contributed by atoms with Gasteiger partial charge in [0.15, 0.2) is 0 Å². The van der Waals surface area contributed by atoms with E-state index in [-0.39, 0.29) is 5.91 Å². The zero-order chi connectivity index (χ0) is 15.8. The van der Waals surface area contributed by atoms with E-state index < -0.39 is 0 Å². The van der Waals surface area contributed by atoms with Crippen LogP contribution >= 0.6 is 0 Å². The Bertz CT molecular complexity index is 614. The topological polar surface area (TPSA) is 72.5 Å². The highest BCUT2D eigenvalue weighted by molar-refractivity contribution is 5.92. The van der Waals surface area contributed by atoms with E-state index in [1.807, 2.05) is 24.3 Å².